The number of hydrogen-bond donors (Lipinski definition) is 2. The summed E-state index contributed by atoms with van der Waals surface area (Å²) in [4.78, 5) is 27.4. The van der Waals surface area contributed by atoms with Crippen LogP contribution in [-0.2, 0) is 22.3 Å². The Morgan fingerprint density at radius 3 is 1.83 bits per heavy atom. The van der Waals surface area contributed by atoms with Crippen LogP contribution in [0.4, 0.5) is 0 Å². The Bertz CT molecular complexity index is 984. The van der Waals surface area contributed by atoms with Crippen LogP contribution in [0.15, 0.2) is 60.5 Å². The minimum Gasteiger partial charge on any atom is -0.397 e. The Morgan fingerprint density at radius 2 is 1.44 bits per heavy atom. The number of nitro groups is 2. The molecular weight excluding hydrogens is 515 g/mol. The van der Waals surface area contributed by atoms with Crippen molar-refractivity contribution in [2.45, 2.75) is 34.0 Å². The van der Waals surface area contributed by atoms with Gasteiger partial charge in [0.05, 0.1) is 27.8 Å². The quantitative estimate of drug-likeness (QED) is 0.180. The summed E-state index contributed by atoms with van der Waals surface area (Å²) in [5, 5.41) is 24.4. The third-order valence-electron chi connectivity index (χ3n) is 3.93. The zero-order valence-electron chi connectivity index (χ0n) is 18.4. The third-order valence-corrected chi connectivity index (χ3v) is 4.38. The lowest BCUT2D eigenvalue weighted by Crippen LogP contribution is -2.30. The van der Waals surface area contributed by atoms with Crippen molar-refractivity contribution in [2.24, 2.45) is 5.73 Å². The van der Waals surface area contributed by atoms with Gasteiger partial charge in [-0.25, -0.2) is 9.97 Å². The van der Waals surface area contributed by atoms with E-state index in [1.54, 1.807) is 30.5 Å². The zero-order valence-corrected chi connectivity index (χ0v) is 19.9. The van der Waals surface area contributed by atoms with E-state index in [0.29, 0.717) is 35.4 Å². The summed E-state index contributed by atoms with van der Waals surface area (Å²) < 4.78 is 10.0. The van der Waals surface area contributed by atoms with Gasteiger partial charge in [0.2, 0.25) is 0 Å². The molecule has 0 bridgehead atoms. The summed E-state index contributed by atoms with van der Waals surface area (Å²) in [6.45, 7) is 0.299. The van der Waals surface area contributed by atoms with Crippen molar-refractivity contribution in [2.75, 3.05) is 20.8 Å². The second-order valence-corrected chi connectivity index (χ2v) is 7.32. The van der Waals surface area contributed by atoms with E-state index in [1.807, 2.05) is 0 Å². The van der Waals surface area contributed by atoms with E-state index in [2.05, 4.69) is 15.3 Å². The van der Waals surface area contributed by atoms with Crippen LogP contribution >= 0.6 is 23.2 Å². The zero-order chi connectivity index (χ0) is 25.5. The van der Waals surface area contributed by atoms with Gasteiger partial charge < -0.3 is 20.5 Å². The molecule has 0 fully saturated rings. The lowest BCUT2D eigenvalue weighted by Gasteiger charge is -2.15. The predicted molar refractivity (Wildman–Crippen MR) is 140 cm³/mol. The molecule has 12 nitrogen and oxygen atoms in total. The van der Waals surface area contributed by atoms with E-state index in [0.717, 1.165) is 23.5 Å². The number of aromatic nitrogens is 2. The maximum absolute atomic E-state index is 10.6. The first-order valence-electron chi connectivity index (χ1n) is 9.57. The van der Waals surface area contributed by atoms with Gasteiger partial charge in [0.25, 0.3) is 12.4 Å². The van der Waals surface area contributed by atoms with E-state index < -0.39 is 16.1 Å². The van der Waals surface area contributed by atoms with Crippen LogP contribution in [0.2, 0.25) is 10.3 Å². The Labute approximate surface area is 220 Å². The first-order chi connectivity index (χ1) is 16.1. The number of halogens is 2. The van der Waals surface area contributed by atoms with Crippen molar-refractivity contribution < 1.29 is 19.3 Å². The smallest absolute Gasteiger partial charge is 0.253 e. The monoisotopic (exact) mass is 546 g/mol. The van der Waals surface area contributed by atoms with E-state index in [4.69, 9.17) is 38.4 Å². The lowest BCUT2D eigenvalue weighted by atomic mass is 10.1. The Morgan fingerprint density at radius 1 is 0.972 bits per heavy atom. The molecule has 14 heteroatoms. The number of nitrogens with two attached hydrogens (primary N) is 1. The van der Waals surface area contributed by atoms with Crippen LogP contribution in [0.1, 0.15) is 26.0 Å². The summed E-state index contributed by atoms with van der Waals surface area (Å²) >= 11 is 11.3. The van der Waals surface area contributed by atoms with E-state index in [9.17, 15) is 20.2 Å². The normalized spacial score (nSPS) is 10.9. The third kappa shape index (κ3) is 15.6. The highest BCUT2D eigenvalue weighted by atomic mass is 35.5. The van der Waals surface area contributed by atoms with Gasteiger partial charge in [-0.2, -0.15) is 0 Å². The molecule has 0 aliphatic heterocycles. The molecule has 0 aromatic carbocycles. The summed E-state index contributed by atoms with van der Waals surface area (Å²) in [6.07, 6.45) is 4.95. The molecule has 2 aromatic heterocycles. The average molecular weight is 547 g/mol. The Hall–Kier alpha value is -3.32. The van der Waals surface area contributed by atoms with Gasteiger partial charge in [-0.1, -0.05) is 50.2 Å². The highest BCUT2D eigenvalue weighted by Crippen LogP contribution is 2.10. The van der Waals surface area contributed by atoms with Crippen LogP contribution in [0.25, 0.3) is 0 Å². The fraction of sp³-hybridized carbons (Fsp3) is 0.364. The van der Waals surface area contributed by atoms with E-state index in [-0.39, 0.29) is 20.6 Å². The molecule has 0 radical (unpaired) electrons. The second kappa shape index (κ2) is 18.9. The van der Waals surface area contributed by atoms with Crippen molar-refractivity contribution in [3.8, 4) is 0 Å². The molecule has 200 valence electrons. The highest BCUT2D eigenvalue weighted by molar-refractivity contribution is 6.29. The molecule has 0 aliphatic rings. The molecule has 0 unspecified atom stereocenters. The first kappa shape index (κ1) is 34.8. The van der Waals surface area contributed by atoms with Crippen molar-refractivity contribution >= 4 is 23.2 Å². The SMILES string of the molecule is C.C.COC(CN/C(=C\[N+](=O)[O-])Cc1ccc(Cl)nc1)OC.N/C(=C\[N+](=O)[O-])Cc1ccc(Cl)nc1. The number of ether oxygens (including phenoxy) is 2. The number of hydrogen-bond acceptors (Lipinski definition) is 10. The van der Waals surface area contributed by atoms with E-state index >= 15 is 0 Å². The second-order valence-electron chi connectivity index (χ2n) is 6.54. The van der Waals surface area contributed by atoms with Crippen LogP contribution in [0, 0.1) is 20.2 Å². The van der Waals surface area contributed by atoms with Crippen LogP contribution < -0.4 is 11.1 Å². The van der Waals surface area contributed by atoms with Crippen molar-refractivity contribution in [1.82, 2.24) is 15.3 Å². The number of methoxy groups -OCH3 is 2. The van der Waals surface area contributed by atoms with Crippen molar-refractivity contribution in [3.05, 3.63) is 102 Å². The molecule has 36 heavy (non-hydrogen) atoms. The predicted octanol–water partition coefficient (Wildman–Crippen LogP) is 4.23. The molecule has 2 heterocycles. The van der Waals surface area contributed by atoms with Gasteiger partial charge in [-0.3, -0.25) is 20.2 Å². The fourth-order valence-corrected chi connectivity index (χ4v) is 2.64. The number of allylic oxidation sites excluding steroid dienone is 2. The van der Waals surface area contributed by atoms with Gasteiger partial charge in [-0.05, 0) is 23.3 Å². The maximum atomic E-state index is 10.6. The number of nitrogens with zero attached hydrogens (tertiary/aromatic N) is 4. The topological polar surface area (TPSA) is 169 Å². The first-order valence-corrected chi connectivity index (χ1v) is 10.3. The van der Waals surface area contributed by atoms with E-state index in [1.165, 1.54) is 20.4 Å². The van der Waals surface area contributed by atoms with Crippen molar-refractivity contribution in [3.63, 3.8) is 0 Å². The summed E-state index contributed by atoms with van der Waals surface area (Å²) in [5.74, 6) is 0. The van der Waals surface area contributed by atoms with Gasteiger partial charge in [0.15, 0.2) is 6.29 Å². The minimum atomic E-state index is -0.585. The van der Waals surface area contributed by atoms with Gasteiger partial charge in [0, 0.05) is 39.5 Å². The maximum Gasteiger partial charge on any atom is 0.253 e. The molecule has 2 aromatic rings. The summed E-state index contributed by atoms with van der Waals surface area (Å²) in [7, 11) is 2.99. The highest BCUT2D eigenvalue weighted by Gasteiger charge is 2.09. The average Bonchev–Trinajstić information content (AvgIpc) is 2.77. The Kier molecular flexibility index (Phi) is 18.3. The van der Waals surface area contributed by atoms with Gasteiger partial charge in [-0.15, -0.1) is 0 Å². The van der Waals surface area contributed by atoms with Crippen LogP contribution in [-0.4, -0.2) is 46.9 Å². The minimum absolute atomic E-state index is 0. The largest absolute Gasteiger partial charge is 0.397 e. The number of nitrogens with one attached hydrogen (secondary N) is 1. The molecule has 0 aliphatic carbocycles. The molecule has 2 rings (SSSR count). The molecule has 0 atom stereocenters. The van der Waals surface area contributed by atoms with Crippen molar-refractivity contribution in [1.29, 1.82) is 0 Å². The fourth-order valence-electron chi connectivity index (χ4n) is 2.42. The molecule has 0 amide bonds. The molecule has 3 N–H and O–H groups in total. The summed E-state index contributed by atoms with van der Waals surface area (Å²) in [6, 6.07) is 6.72. The molecule has 0 saturated carbocycles. The van der Waals surface area contributed by atoms with Gasteiger partial charge >= 0.3 is 0 Å². The lowest BCUT2D eigenvalue weighted by molar-refractivity contribution is -0.403. The molecule has 0 saturated heterocycles. The standard InChI is InChI=1S/C12H16ClN3O4.C8H8ClN3O2.2CH4/c1-19-12(20-2)7-14-10(8-16(17)18)5-9-3-4-11(13)15-6-9;9-8-2-1-6(4-11-8)3-7(10)5-12(13)14;;/h3-4,6,8,12,14H,5,7H2,1-2H3;1-2,4-5H,3,10H2;2*1H4/b10-8-;7-5-;;. The Balaban J connectivity index is 0. The summed E-state index contributed by atoms with van der Waals surface area (Å²) in [5.41, 5.74) is 7.60. The van der Waals surface area contributed by atoms with Crippen LogP contribution in [0.3, 0.4) is 0 Å². The van der Waals surface area contributed by atoms with Crippen LogP contribution in [0.5, 0.6) is 0 Å². The van der Waals surface area contributed by atoms with Gasteiger partial charge in [0.1, 0.15) is 10.3 Å². The number of rotatable bonds is 11. The molecule has 0 spiro atoms. The number of pyridine rings is 2. The molecular formula is C22H32Cl2N6O6.